The number of nitrogens with zero attached hydrogens (tertiary/aromatic N) is 3. The molecule has 9 heteroatoms. The van der Waals surface area contributed by atoms with Gasteiger partial charge in [-0.05, 0) is 25.1 Å². The number of benzene rings is 2. The second kappa shape index (κ2) is 6.76. The zero-order valence-electron chi connectivity index (χ0n) is 14.5. The number of para-hydroxylation sites is 1. The minimum atomic E-state index is -3.56. The Morgan fingerprint density at radius 1 is 1.07 bits per heavy atom. The molecule has 138 valence electrons. The number of hydrogen-bond donors (Lipinski definition) is 0. The maximum absolute atomic E-state index is 12.7. The first-order chi connectivity index (χ1) is 12.7. The van der Waals surface area contributed by atoms with Crippen molar-refractivity contribution in [3.8, 4) is 16.9 Å². The van der Waals surface area contributed by atoms with Gasteiger partial charge in [0.05, 0.1) is 21.2 Å². The molecule has 1 heterocycles. The lowest BCUT2D eigenvalue weighted by Crippen LogP contribution is -2.25. The van der Waals surface area contributed by atoms with Crippen molar-refractivity contribution in [1.82, 2.24) is 9.55 Å². The van der Waals surface area contributed by atoms with E-state index in [9.17, 15) is 23.3 Å². The fourth-order valence-electron chi connectivity index (χ4n) is 2.77. The van der Waals surface area contributed by atoms with E-state index < -0.39 is 20.5 Å². The van der Waals surface area contributed by atoms with Crippen LogP contribution in [-0.2, 0) is 9.84 Å². The van der Waals surface area contributed by atoms with Crippen molar-refractivity contribution in [1.29, 1.82) is 0 Å². The molecule has 0 saturated carbocycles. The molecule has 0 aliphatic carbocycles. The summed E-state index contributed by atoms with van der Waals surface area (Å²) in [6, 6.07) is 13.5. The number of aromatic nitrogens is 2. The SMILES string of the molecule is Cc1cc(-c2cccc([N+](=O)[O-])c2)nc(=O)n1-c1ccccc1S(C)(=O)=O. The van der Waals surface area contributed by atoms with Crippen LogP contribution in [0, 0.1) is 17.0 Å². The van der Waals surface area contributed by atoms with Crippen LogP contribution in [0.4, 0.5) is 5.69 Å². The van der Waals surface area contributed by atoms with Gasteiger partial charge in [0, 0.05) is 29.6 Å². The summed E-state index contributed by atoms with van der Waals surface area (Å²) in [7, 11) is -3.56. The van der Waals surface area contributed by atoms with E-state index in [1.165, 1.54) is 34.9 Å². The van der Waals surface area contributed by atoms with Crippen molar-refractivity contribution < 1.29 is 13.3 Å². The van der Waals surface area contributed by atoms with Crippen LogP contribution in [0.1, 0.15) is 5.69 Å². The Kier molecular flexibility index (Phi) is 4.63. The lowest BCUT2D eigenvalue weighted by molar-refractivity contribution is -0.384. The van der Waals surface area contributed by atoms with E-state index in [4.69, 9.17) is 0 Å². The van der Waals surface area contributed by atoms with Crippen molar-refractivity contribution in [2.45, 2.75) is 11.8 Å². The van der Waals surface area contributed by atoms with Gasteiger partial charge in [0.1, 0.15) is 0 Å². The van der Waals surface area contributed by atoms with E-state index >= 15 is 0 Å². The van der Waals surface area contributed by atoms with Gasteiger partial charge < -0.3 is 0 Å². The standard InChI is InChI=1S/C18H15N3O5S/c1-12-10-15(13-6-5-7-14(11-13)21(23)24)19-18(22)20(12)16-8-3-4-9-17(16)27(2,25)26/h3-11H,1-2H3. The molecule has 0 bridgehead atoms. The monoisotopic (exact) mass is 385 g/mol. The third kappa shape index (κ3) is 3.63. The van der Waals surface area contributed by atoms with E-state index in [1.54, 1.807) is 31.2 Å². The summed E-state index contributed by atoms with van der Waals surface area (Å²) in [5.41, 5.74) is 0.571. The highest BCUT2D eigenvalue weighted by molar-refractivity contribution is 7.90. The fourth-order valence-corrected chi connectivity index (χ4v) is 3.64. The van der Waals surface area contributed by atoms with Gasteiger partial charge in [-0.15, -0.1) is 0 Å². The molecule has 8 nitrogen and oxygen atoms in total. The molecule has 3 aromatic rings. The van der Waals surface area contributed by atoms with Gasteiger partial charge in [-0.2, -0.15) is 4.98 Å². The number of aryl methyl sites for hydroxylation is 1. The zero-order valence-corrected chi connectivity index (χ0v) is 15.3. The molecule has 0 radical (unpaired) electrons. The molecule has 0 fully saturated rings. The summed E-state index contributed by atoms with van der Waals surface area (Å²) in [6.07, 6.45) is 1.07. The molecule has 1 aromatic heterocycles. The van der Waals surface area contributed by atoms with Crippen LogP contribution in [0.15, 0.2) is 64.3 Å². The summed E-state index contributed by atoms with van der Waals surface area (Å²) in [4.78, 5) is 27.1. The average molecular weight is 385 g/mol. The van der Waals surface area contributed by atoms with Crippen LogP contribution in [0.5, 0.6) is 0 Å². The first-order valence-electron chi connectivity index (χ1n) is 7.83. The number of sulfone groups is 1. The molecule has 0 N–H and O–H groups in total. The lowest BCUT2D eigenvalue weighted by atomic mass is 10.1. The van der Waals surface area contributed by atoms with Gasteiger partial charge in [0.25, 0.3) is 5.69 Å². The van der Waals surface area contributed by atoms with E-state index in [0.717, 1.165) is 6.26 Å². The van der Waals surface area contributed by atoms with Gasteiger partial charge in [-0.1, -0.05) is 24.3 Å². The van der Waals surface area contributed by atoms with Crippen LogP contribution in [-0.4, -0.2) is 29.1 Å². The van der Waals surface area contributed by atoms with Gasteiger partial charge in [0.2, 0.25) is 0 Å². The fraction of sp³-hybridized carbons (Fsp3) is 0.111. The third-order valence-corrected chi connectivity index (χ3v) is 5.11. The summed E-state index contributed by atoms with van der Waals surface area (Å²) in [6.45, 7) is 1.64. The largest absolute Gasteiger partial charge is 0.352 e. The Balaban J connectivity index is 2.20. The summed E-state index contributed by atoms with van der Waals surface area (Å²) < 4.78 is 25.3. The Morgan fingerprint density at radius 3 is 2.41 bits per heavy atom. The molecule has 0 unspecified atom stereocenters. The molecular weight excluding hydrogens is 370 g/mol. The van der Waals surface area contributed by atoms with E-state index in [0.29, 0.717) is 11.3 Å². The second-order valence-corrected chi connectivity index (χ2v) is 7.93. The zero-order chi connectivity index (χ0) is 19.8. The normalized spacial score (nSPS) is 11.3. The Morgan fingerprint density at radius 2 is 1.78 bits per heavy atom. The molecule has 27 heavy (non-hydrogen) atoms. The molecule has 0 amide bonds. The average Bonchev–Trinajstić information content (AvgIpc) is 2.60. The second-order valence-electron chi connectivity index (χ2n) is 5.95. The first kappa shape index (κ1) is 18.5. The number of non-ortho nitro benzene ring substituents is 1. The van der Waals surface area contributed by atoms with Gasteiger partial charge in [-0.25, -0.2) is 13.2 Å². The van der Waals surface area contributed by atoms with Crippen LogP contribution in [0.2, 0.25) is 0 Å². The van der Waals surface area contributed by atoms with E-state index in [2.05, 4.69) is 4.98 Å². The van der Waals surface area contributed by atoms with Crippen molar-refractivity contribution in [3.05, 3.63) is 80.9 Å². The number of hydrogen-bond acceptors (Lipinski definition) is 6. The maximum Gasteiger partial charge on any atom is 0.352 e. The summed E-state index contributed by atoms with van der Waals surface area (Å²) in [5, 5.41) is 11.0. The molecule has 2 aromatic carbocycles. The van der Waals surface area contributed by atoms with Crippen LogP contribution >= 0.6 is 0 Å². The van der Waals surface area contributed by atoms with Gasteiger partial charge >= 0.3 is 5.69 Å². The lowest BCUT2D eigenvalue weighted by Gasteiger charge is -2.14. The highest BCUT2D eigenvalue weighted by atomic mass is 32.2. The van der Waals surface area contributed by atoms with E-state index in [1.807, 2.05) is 0 Å². The van der Waals surface area contributed by atoms with Crippen LogP contribution < -0.4 is 5.69 Å². The molecule has 0 atom stereocenters. The Bertz CT molecular complexity index is 1220. The van der Waals surface area contributed by atoms with Crippen molar-refractivity contribution >= 4 is 15.5 Å². The van der Waals surface area contributed by atoms with Crippen LogP contribution in [0.3, 0.4) is 0 Å². The highest BCUT2D eigenvalue weighted by Crippen LogP contribution is 2.24. The predicted octanol–water partition coefficient (Wildman–Crippen LogP) is 2.52. The third-order valence-electron chi connectivity index (χ3n) is 3.96. The van der Waals surface area contributed by atoms with Gasteiger partial charge in [0.15, 0.2) is 9.84 Å². The Hall–Kier alpha value is -3.33. The van der Waals surface area contributed by atoms with Crippen molar-refractivity contribution in [3.63, 3.8) is 0 Å². The molecule has 0 saturated heterocycles. The van der Waals surface area contributed by atoms with Crippen molar-refractivity contribution in [2.75, 3.05) is 6.26 Å². The van der Waals surface area contributed by atoms with Crippen molar-refractivity contribution in [2.24, 2.45) is 0 Å². The summed E-state index contributed by atoms with van der Waals surface area (Å²) in [5.74, 6) is 0. The number of nitro benzene ring substituents is 1. The Labute approximate surface area is 154 Å². The number of rotatable bonds is 4. The molecule has 0 spiro atoms. The smallest absolute Gasteiger partial charge is 0.264 e. The van der Waals surface area contributed by atoms with E-state index in [-0.39, 0.29) is 22.0 Å². The molecule has 0 aliphatic rings. The number of nitro groups is 1. The molecular formula is C18H15N3O5S. The molecule has 0 aliphatic heterocycles. The van der Waals surface area contributed by atoms with Gasteiger partial charge in [-0.3, -0.25) is 14.7 Å². The quantitative estimate of drug-likeness (QED) is 0.504. The highest BCUT2D eigenvalue weighted by Gasteiger charge is 2.18. The van der Waals surface area contributed by atoms with Crippen LogP contribution in [0.25, 0.3) is 16.9 Å². The topological polar surface area (TPSA) is 112 Å². The molecule has 3 rings (SSSR count). The first-order valence-corrected chi connectivity index (χ1v) is 9.72. The summed E-state index contributed by atoms with van der Waals surface area (Å²) >= 11 is 0. The predicted molar refractivity (Wildman–Crippen MR) is 99.8 cm³/mol. The minimum Gasteiger partial charge on any atom is -0.264 e. The minimum absolute atomic E-state index is 0.0140. The maximum atomic E-state index is 12.7.